The maximum absolute atomic E-state index is 12.7. The highest BCUT2D eigenvalue weighted by Crippen LogP contribution is 2.33. The van der Waals surface area contributed by atoms with Gasteiger partial charge in [0.2, 0.25) is 0 Å². The number of hydrogen-bond acceptors (Lipinski definition) is 5. The van der Waals surface area contributed by atoms with Gasteiger partial charge in [-0.25, -0.2) is 4.68 Å². The van der Waals surface area contributed by atoms with Crippen molar-refractivity contribution >= 4 is 32.7 Å². The molecule has 4 aromatic rings. The molecule has 7 heteroatoms. The van der Waals surface area contributed by atoms with Gasteiger partial charge in [0.25, 0.3) is 5.91 Å². The molecule has 0 bridgehead atoms. The molecule has 32 heavy (non-hydrogen) atoms. The highest BCUT2D eigenvalue weighted by molar-refractivity contribution is 7.22. The number of anilines is 1. The van der Waals surface area contributed by atoms with E-state index in [1.807, 2.05) is 42.8 Å². The lowest BCUT2D eigenvalue weighted by molar-refractivity contribution is 0.0930. The number of aromatic nitrogens is 3. The monoisotopic (exact) mass is 445 g/mol. The van der Waals surface area contributed by atoms with Crippen molar-refractivity contribution in [3.8, 4) is 5.69 Å². The summed E-state index contributed by atoms with van der Waals surface area (Å²) < 4.78 is 3.09. The third-order valence-electron chi connectivity index (χ3n) is 6.11. The average molecular weight is 446 g/mol. The molecule has 1 saturated heterocycles. The lowest BCUT2D eigenvalue weighted by atomic mass is 10.0. The number of carbonyl (C=O) groups is 1. The molecule has 1 N–H and O–H groups in total. The lowest BCUT2D eigenvalue weighted by Crippen LogP contribution is -2.44. The Kier molecular flexibility index (Phi) is 5.43. The predicted molar refractivity (Wildman–Crippen MR) is 130 cm³/mol. The zero-order chi connectivity index (χ0) is 22.2. The van der Waals surface area contributed by atoms with Crippen LogP contribution in [0.1, 0.15) is 40.0 Å². The molecular formula is C25H27N5OS. The fourth-order valence-electron chi connectivity index (χ4n) is 4.30. The summed E-state index contributed by atoms with van der Waals surface area (Å²) in [5.41, 5.74) is 5.94. The summed E-state index contributed by atoms with van der Waals surface area (Å²) in [4.78, 5) is 20.0. The first kappa shape index (κ1) is 20.7. The Balaban J connectivity index is 1.30. The van der Waals surface area contributed by atoms with Crippen molar-refractivity contribution in [2.45, 2.75) is 39.7 Å². The summed E-state index contributed by atoms with van der Waals surface area (Å²) in [6.45, 7) is 7.87. The third kappa shape index (κ3) is 3.88. The molecule has 0 spiro atoms. The van der Waals surface area contributed by atoms with Crippen LogP contribution in [0.4, 0.5) is 5.13 Å². The van der Waals surface area contributed by atoms with Gasteiger partial charge in [0.15, 0.2) is 10.8 Å². The van der Waals surface area contributed by atoms with Gasteiger partial charge in [-0.1, -0.05) is 41.7 Å². The predicted octanol–water partition coefficient (Wildman–Crippen LogP) is 4.81. The topological polar surface area (TPSA) is 63.1 Å². The summed E-state index contributed by atoms with van der Waals surface area (Å²) in [5, 5.41) is 8.98. The molecule has 0 atom stereocenters. The van der Waals surface area contributed by atoms with E-state index < -0.39 is 0 Å². The minimum absolute atomic E-state index is 0.0235. The van der Waals surface area contributed by atoms with Gasteiger partial charge in [-0.3, -0.25) is 4.79 Å². The van der Waals surface area contributed by atoms with Crippen molar-refractivity contribution in [3.63, 3.8) is 0 Å². The number of thiazole rings is 1. The van der Waals surface area contributed by atoms with Crippen LogP contribution in [0.15, 0.2) is 48.5 Å². The van der Waals surface area contributed by atoms with Gasteiger partial charge in [0, 0.05) is 24.7 Å². The standard InChI is InChI=1S/C25H27N5OS/c1-16-7-6-9-20(15-16)30-23-22(18(3)28-30)32-25(27-23)29-13-11-19(12-14-29)26-24(31)21-10-5-4-8-17(21)2/h4-10,15,19H,11-14H2,1-3H3,(H,26,31). The van der Waals surface area contributed by atoms with E-state index in [4.69, 9.17) is 10.1 Å². The van der Waals surface area contributed by atoms with Gasteiger partial charge in [0.05, 0.1) is 16.1 Å². The van der Waals surface area contributed by atoms with E-state index >= 15 is 0 Å². The largest absolute Gasteiger partial charge is 0.349 e. The fourth-order valence-corrected chi connectivity index (χ4v) is 5.34. The number of nitrogens with one attached hydrogen (secondary N) is 1. The van der Waals surface area contributed by atoms with E-state index in [0.29, 0.717) is 0 Å². The first-order valence-electron chi connectivity index (χ1n) is 11.0. The third-order valence-corrected chi connectivity index (χ3v) is 7.33. The van der Waals surface area contributed by atoms with Crippen LogP contribution in [0.5, 0.6) is 0 Å². The highest BCUT2D eigenvalue weighted by Gasteiger charge is 2.25. The second-order valence-corrected chi connectivity index (χ2v) is 9.51. The molecule has 0 unspecified atom stereocenters. The van der Waals surface area contributed by atoms with E-state index in [0.717, 1.165) is 63.9 Å². The molecule has 5 rings (SSSR count). The Morgan fingerprint density at radius 1 is 1.06 bits per heavy atom. The first-order chi connectivity index (χ1) is 15.5. The van der Waals surface area contributed by atoms with E-state index in [1.54, 1.807) is 11.3 Å². The van der Waals surface area contributed by atoms with E-state index in [1.165, 1.54) is 5.56 Å². The maximum atomic E-state index is 12.7. The molecule has 2 aromatic heterocycles. The SMILES string of the molecule is Cc1cccc(-n2nc(C)c3sc(N4CCC(NC(=O)c5ccccc5C)CC4)nc32)c1. The van der Waals surface area contributed by atoms with Crippen LogP contribution in [0.25, 0.3) is 16.0 Å². The molecule has 0 radical (unpaired) electrons. The van der Waals surface area contributed by atoms with Crippen molar-refractivity contribution in [3.05, 3.63) is 70.9 Å². The Labute approximate surface area is 191 Å². The lowest BCUT2D eigenvalue weighted by Gasteiger charge is -2.32. The Hall–Kier alpha value is -3.19. The van der Waals surface area contributed by atoms with Crippen molar-refractivity contribution in [2.75, 3.05) is 18.0 Å². The van der Waals surface area contributed by atoms with Crippen molar-refractivity contribution in [1.29, 1.82) is 0 Å². The van der Waals surface area contributed by atoms with Crippen LogP contribution >= 0.6 is 11.3 Å². The molecule has 2 aromatic carbocycles. The molecule has 1 aliphatic rings. The number of benzene rings is 2. The van der Waals surface area contributed by atoms with Crippen LogP contribution in [0.2, 0.25) is 0 Å². The molecular weight excluding hydrogens is 418 g/mol. The Morgan fingerprint density at radius 2 is 1.84 bits per heavy atom. The molecule has 6 nitrogen and oxygen atoms in total. The number of amides is 1. The molecule has 1 aliphatic heterocycles. The summed E-state index contributed by atoms with van der Waals surface area (Å²) in [5.74, 6) is 0.0235. The van der Waals surface area contributed by atoms with E-state index in [2.05, 4.69) is 41.4 Å². The molecule has 1 amide bonds. The second-order valence-electron chi connectivity index (χ2n) is 8.54. The zero-order valence-electron chi connectivity index (χ0n) is 18.6. The number of piperidine rings is 1. The van der Waals surface area contributed by atoms with E-state index in [-0.39, 0.29) is 11.9 Å². The minimum Gasteiger partial charge on any atom is -0.349 e. The number of carbonyl (C=O) groups excluding carboxylic acids is 1. The quantitative estimate of drug-likeness (QED) is 0.490. The van der Waals surface area contributed by atoms with Crippen LogP contribution in [0, 0.1) is 20.8 Å². The number of rotatable bonds is 4. The minimum atomic E-state index is 0.0235. The van der Waals surface area contributed by atoms with Gasteiger partial charge >= 0.3 is 0 Å². The first-order valence-corrected chi connectivity index (χ1v) is 11.9. The smallest absolute Gasteiger partial charge is 0.251 e. The van der Waals surface area contributed by atoms with Crippen molar-refractivity contribution in [1.82, 2.24) is 20.1 Å². The van der Waals surface area contributed by atoms with Crippen LogP contribution in [0.3, 0.4) is 0 Å². The molecule has 3 heterocycles. The summed E-state index contributed by atoms with van der Waals surface area (Å²) >= 11 is 1.71. The normalized spacial score (nSPS) is 14.8. The van der Waals surface area contributed by atoms with Gasteiger partial charge in [0.1, 0.15) is 0 Å². The average Bonchev–Trinajstić information content (AvgIpc) is 3.35. The van der Waals surface area contributed by atoms with Crippen molar-refractivity contribution < 1.29 is 4.79 Å². The summed E-state index contributed by atoms with van der Waals surface area (Å²) in [6.07, 6.45) is 1.83. The number of aryl methyl sites for hydroxylation is 3. The second kappa shape index (κ2) is 8.39. The van der Waals surface area contributed by atoms with Crippen LogP contribution in [-0.4, -0.2) is 39.8 Å². The fraction of sp³-hybridized carbons (Fsp3) is 0.320. The summed E-state index contributed by atoms with van der Waals surface area (Å²) in [7, 11) is 0. The molecule has 0 aliphatic carbocycles. The van der Waals surface area contributed by atoms with Crippen LogP contribution < -0.4 is 10.2 Å². The molecule has 0 saturated carbocycles. The molecule has 164 valence electrons. The molecule has 1 fully saturated rings. The van der Waals surface area contributed by atoms with Gasteiger partial charge in [-0.05, 0) is 62.9 Å². The van der Waals surface area contributed by atoms with E-state index in [9.17, 15) is 4.79 Å². The highest BCUT2D eigenvalue weighted by atomic mass is 32.1. The number of fused-ring (bicyclic) bond motifs is 1. The van der Waals surface area contributed by atoms with Gasteiger partial charge in [-0.15, -0.1) is 0 Å². The zero-order valence-corrected chi connectivity index (χ0v) is 19.4. The van der Waals surface area contributed by atoms with Crippen LogP contribution in [-0.2, 0) is 0 Å². The summed E-state index contributed by atoms with van der Waals surface area (Å²) in [6, 6.07) is 16.3. The van der Waals surface area contributed by atoms with Gasteiger partial charge < -0.3 is 10.2 Å². The Morgan fingerprint density at radius 3 is 2.59 bits per heavy atom. The maximum Gasteiger partial charge on any atom is 0.251 e. The number of hydrogen-bond donors (Lipinski definition) is 1. The number of nitrogens with zero attached hydrogens (tertiary/aromatic N) is 4. The van der Waals surface area contributed by atoms with Crippen molar-refractivity contribution in [2.24, 2.45) is 0 Å². The van der Waals surface area contributed by atoms with Gasteiger partial charge in [-0.2, -0.15) is 10.1 Å². The Bertz CT molecular complexity index is 1280.